The van der Waals surface area contributed by atoms with Gasteiger partial charge in [0.1, 0.15) is 17.5 Å². The van der Waals surface area contributed by atoms with E-state index in [0.717, 1.165) is 49.0 Å². The summed E-state index contributed by atoms with van der Waals surface area (Å²) in [6, 6.07) is 0.373. The first kappa shape index (κ1) is 17.7. The van der Waals surface area contributed by atoms with Gasteiger partial charge >= 0.3 is 0 Å². The van der Waals surface area contributed by atoms with Crippen LogP contribution in [0.25, 0.3) is 0 Å². The molecule has 1 aromatic rings. The summed E-state index contributed by atoms with van der Waals surface area (Å²) in [6.07, 6.45) is 1.92. The van der Waals surface area contributed by atoms with Crippen molar-refractivity contribution in [2.24, 2.45) is 0 Å². The van der Waals surface area contributed by atoms with E-state index in [0.29, 0.717) is 12.6 Å². The van der Waals surface area contributed by atoms with Gasteiger partial charge in [0.05, 0.1) is 6.61 Å². The van der Waals surface area contributed by atoms with Crippen LogP contribution >= 0.6 is 0 Å². The Labute approximate surface area is 129 Å². The third-order valence-electron chi connectivity index (χ3n) is 3.46. The second kappa shape index (κ2) is 8.82. The highest BCUT2D eigenvalue weighted by Gasteiger charge is 2.18. The highest BCUT2D eigenvalue weighted by atomic mass is 16.5. The Hall–Kier alpha value is -1.36. The Bertz CT molecular complexity index is 435. The van der Waals surface area contributed by atoms with Crippen LogP contribution in [0.15, 0.2) is 0 Å². The quantitative estimate of drug-likeness (QED) is 0.758. The van der Waals surface area contributed by atoms with Gasteiger partial charge in [-0.2, -0.15) is 0 Å². The van der Waals surface area contributed by atoms with Gasteiger partial charge in [-0.25, -0.2) is 9.97 Å². The average Bonchev–Trinajstić information content (AvgIpc) is 2.47. The van der Waals surface area contributed by atoms with Crippen LogP contribution < -0.4 is 10.2 Å². The van der Waals surface area contributed by atoms with Gasteiger partial charge in [-0.15, -0.1) is 0 Å². The molecule has 0 radical (unpaired) electrons. The van der Waals surface area contributed by atoms with E-state index in [2.05, 4.69) is 49.8 Å². The molecule has 0 fully saturated rings. The number of rotatable bonds is 9. The van der Waals surface area contributed by atoms with Crippen LogP contribution in [0.2, 0.25) is 0 Å². The smallest absolute Gasteiger partial charge is 0.137 e. The molecule has 0 atom stereocenters. The zero-order valence-electron chi connectivity index (χ0n) is 14.4. The maximum Gasteiger partial charge on any atom is 0.137 e. The van der Waals surface area contributed by atoms with Crippen LogP contribution in [0.5, 0.6) is 0 Å². The Kier molecular flexibility index (Phi) is 7.43. The lowest BCUT2D eigenvalue weighted by atomic mass is 10.2. The van der Waals surface area contributed by atoms with Crippen molar-refractivity contribution in [2.75, 3.05) is 37.0 Å². The van der Waals surface area contributed by atoms with Crippen LogP contribution in [0.4, 0.5) is 11.6 Å². The van der Waals surface area contributed by atoms with Gasteiger partial charge in [-0.3, -0.25) is 0 Å². The van der Waals surface area contributed by atoms with Crippen LogP contribution in [0.1, 0.15) is 45.5 Å². The van der Waals surface area contributed by atoms with Crippen LogP contribution in [0.3, 0.4) is 0 Å². The Morgan fingerprint density at radius 2 is 1.95 bits per heavy atom. The summed E-state index contributed by atoms with van der Waals surface area (Å²) in [5.74, 6) is 2.87. The van der Waals surface area contributed by atoms with E-state index in [1.807, 2.05) is 0 Å². The summed E-state index contributed by atoms with van der Waals surface area (Å²) in [5, 5.41) is 3.42. The summed E-state index contributed by atoms with van der Waals surface area (Å²) in [4.78, 5) is 11.7. The van der Waals surface area contributed by atoms with Gasteiger partial charge < -0.3 is 15.0 Å². The molecule has 0 unspecified atom stereocenters. The number of aryl methyl sites for hydroxylation is 1. The van der Waals surface area contributed by atoms with Crippen molar-refractivity contribution < 1.29 is 4.74 Å². The number of methoxy groups -OCH3 is 1. The molecule has 0 aliphatic heterocycles. The number of anilines is 2. The SMILES string of the molecule is CCCNc1nc(CC)nc(N(CCOC)C(C)C)c1C. The molecule has 0 aromatic carbocycles. The Morgan fingerprint density at radius 3 is 2.48 bits per heavy atom. The third-order valence-corrected chi connectivity index (χ3v) is 3.46. The van der Waals surface area contributed by atoms with Crippen molar-refractivity contribution in [1.82, 2.24) is 9.97 Å². The van der Waals surface area contributed by atoms with Crippen molar-refractivity contribution in [3.05, 3.63) is 11.4 Å². The minimum absolute atomic E-state index is 0.373. The fourth-order valence-corrected chi connectivity index (χ4v) is 2.20. The fourth-order valence-electron chi connectivity index (χ4n) is 2.20. The lowest BCUT2D eigenvalue weighted by Gasteiger charge is -2.30. The predicted octanol–water partition coefficient (Wildman–Crippen LogP) is 3.03. The third kappa shape index (κ3) is 4.84. The van der Waals surface area contributed by atoms with Gasteiger partial charge in [0.15, 0.2) is 0 Å². The molecule has 0 saturated carbocycles. The summed E-state index contributed by atoms with van der Waals surface area (Å²) < 4.78 is 5.23. The van der Waals surface area contributed by atoms with E-state index in [9.17, 15) is 0 Å². The molecule has 0 bridgehead atoms. The van der Waals surface area contributed by atoms with Gasteiger partial charge in [-0.05, 0) is 27.2 Å². The summed E-state index contributed by atoms with van der Waals surface area (Å²) in [6.45, 7) is 13.2. The summed E-state index contributed by atoms with van der Waals surface area (Å²) in [7, 11) is 1.73. The molecule has 5 heteroatoms. The van der Waals surface area contributed by atoms with Crippen molar-refractivity contribution >= 4 is 11.6 Å². The molecule has 0 spiro atoms. The zero-order valence-corrected chi connectivity index (χ0v) is 14.4. The molecule has 0 aliphatic rings. The van der Waals surface area contributed by atoms with E-state index in [1.54, 1.807) is 7.11 Å². The van der Waals surface area contributed by atoms with Crippen molar-refractivity contribution in [2.45, 2.75) is 53.5 Å². The molecule has 5 nitrogen and oxygen atoms in total. The van der Waals surface area contributed by atoms with Crippen molar-refractivity contribution in [3.8, 4) is 0 Å². The minimum atomic E-state index is 0.373. The summed E-state index contributed by atoms with van der Waals surface area (Å²) in [5.41, 5.74) is 1.12. The molecule has 21 heavy (non-hydrogen) atoms. The first-order valence-electron chi connectivity index (χ1n) is 7.92. The average molecular weight is 294 g/mol. The number of nitrogens with one attached hydrogen (secondary N) is 1. The molecular weight excluding hydrogens is 264 g/mol. The zero-order chi connectivity index (χ0) is 15.8. The van der Waals surface area contributed by atoms with Crippen molar-refractivity contribution in [3.63, 3.8) is 0 Å². The Morgan fingerprint density at radius 1 is 1.24 bits per heavy atom. The highest BCUT2D eigenvalue weighted by molar-refractivity contribution is 5.59. The molecule has 0 saturated heterocycles. The van der Waals surface area contributed by atoms with E-state index in [-0.39, 0.29) is 0 Å². The first-order chi connectivity index (χ1) is 10.0. The maximum absolute atomic E-state index is 5.23. The van der Waals surface area contributed by atoms with Crippen LogP contribution in [-0.4, -0.2) is 42.8 Å². The normalized spacial score (nSPS) is 11.0. The largest absolute Gasteiger partial charge is 0.383 e. The van der Waals surface area contributed by atoms with E-state index < -0.39 is 0 Å². The maximum atomic E-state index is 5.23. The molecule has 1 rings (SSSR count). The molecule has 1 N–H and O–H groups in total. The monoisotopic (exact) mass is 294 g/mol. The van der Waals surface area contributed by atoms with Gasteiger partial charge in [0.2, 0.25) is 0 Å². The molecule has 0 aliphatic carbocycles. The van der Waals surface area contributed by atoms with E-state index in [4.69, 9.17) is 9.72 Å². The van der Waals surface area contributed by atoms with Gasteiger partial charge in [-0.1, -0.05) is 13.8 Å². The Balaban J connectivity index is 3.17. The first-order valence-corrected chi connectivity index (χ1v) is 7.92. The lowest BCUT2D eigenvalue weighted by molar-refractivity contribution is 0.203. The van der Waals surface area contributed by atoms with Crippen LogP contribution in [-0.2, 0) is 11.2 Å². The van der Waals surface area contributed by atoms with Crippen LogP contribution in [0, 0.1) is 6.92 Å². The van der Waals surface area contributed by atoms with Gasteiger partial charge in [0, 0.05) is 38.2 Å². The highest BCUT2D eigenvalue weighted by Crippen LogP contribution is 2.25. The second-order valence-electron chi connectivity index (χ2n) is 5.50. The minimum Gasteiger partial charge on any atom is -0.383 e. The number of hydrogen-bond acceptors (Lipinski definition) is 5. The molecule has 120 valence electrons. The van der Waals surface area contributed by atoms with Gasteiger partial charge in [0.25, 0.3) is 0 Å². The number of aromatic nitrogens is 2. The molecular formula is C16H30N4O. The number of ether oxygens (including phenoxy) is 1. The molecule has 1 aromatic heterocycles. The second-order valence-corrected chi connectivity index (χ2v) is 5.50. The standard InChI is InChI=1S/C16H30N4O/c1-7-9-17-15-13(5)16(19-14(8-2)18-15)20(12(3)4)10-11-21-6/h12H,7-11H2,1-6H3,(H,17,18,19). The number of nitrogens with zero attached hydrogens (tertiary/aromatic N) is 3. The topological polar surface area (TPSA) is 50.3 Å². The van der Waals surface area contributed by atoms with E-state index >= 15 is 0 Å². The van der Waals surface area contributed by atoms with E-state index in [1.165, 1.54) is 0 Å². The molecule has 1 heterocycles. The number of hydrogen-bond donors (Lipinski definition) is 1. The fraction of sp³-hybridized carbons (Fsp3) is 0.750. The predicted molar refractivity (Wildman–Crippen MR) is 89.3 cm³/mol. The summed E-state index contributed by atoms with van der Waals surface area (Å²) >= 11 is 0. The molecule has 0 amide bonds. The van der Waals surface area contributed by atoms with Crippen molar-refractivity contribution in [1.29, 1.82) is 0 Å². The lowest BCUT2D eigenvalue weighted by Crippen LogP contribution is -2.35.